The minimum Gasteiger partial charge on any atom is -0.350 e. The number of hydrazone groups is 1. The summed E-state index contributed by atoms with van der Waals surface area (Å²) in [6.07, 6.45) is 0.887. The smallest absolute Gasteiger partial charge is 0.243 e. The molecule has 7 nitrogen and oxygen atoms in total. The molecule has 1 saturated heterocycles. The van der Waals surface area contributed by atoms with Crippen LogP contribution in [0.3, 0.4) is 0 Å². The quantitative estimate of drug-likeness (QED) is 0.873. The van der Waals surface area contributed by atoms with E-state index < -0.39 is 6.04 Å². The molecular weight excluding hydrogens is 344 g/mol. The van der Waals surface area contributed by atoms with Gasteiger partial charge in [-0.1, -0.05) is 30.3 Å². The molecule has 0 bridgehead atoms. The van der Waals surface area contributed by atoms with Gasteiger partial charge in [0.25, 0.3) is 0 Å². The van der Waals surface area contributed by atoms with Crippen LogP contribution in [0.15, 0.2) is 35.4 Å². The van der Waals surface area contributed by atoms with E-state index in [9.17, 15) is 14.4 Å². The zero-order valence-corrected chi connectivity index (χ0v) is 16.0. The SMILES string of the molecule is CC1NC(=O)C(C)N(C(=O)CCC(=O)N2CCC(c3ccccc3)=N2)C1C. The van der Waals surface area contributed by atoms with Crippen LogP contribution in [0.1, 0.15) is 45.6 Å². The number of rotatable bonds is 4. The summed E-state index contributed by atoms with van der Waals surface area (Å²) in [5, 5.41) is 8.73. The fourth-order valence-corrected chi connectivity index (χ4v) is 3.57. The molecule has 1 fully saturated rings. The van der Waals surface area contributed by atoms with Crippen molar-refractivity contribution in [1.29, 1.82) is 0 Å². The monoisotopic (exact) mass is 370 g/mol. The van der Waals surface area contributed by atoms with Gasteiger partial charge in [0.15, 0.2) is 0 Å². The van der Waals surface area contributed by atoms with Crippen molar-refractivity contribution in [1.82, 2.24) is 15.2 Å². The van der Waals surface area contributed by atoms with Gasteiger partial charge in [-0.15, -0.1) is 0 Å². The van der Waals surface area contributed by atoms with Gasteiger partial charge in [-0.25, -0.2) is 5.01 Å². The van der Waals surface area contributed by atoms with Crippen LogP contribution in [0.4, 0.5) is 0 Å². The third-order valence-electron chi connectivity index (χ3n) is 5.37. The van der Waals surface area contributed by atoms with Crippen molar-refractivity contribution in [3.63, 3.8) is 0 Å². The number of piperazine rings is 1. The number of benzene rings is 1. The summed E-state index contributed by atoms with van der Waals surface area (Å²) >= 11 is 0. The number of carbonyl (C=O) groups is 3. The van der Waals surface area contributed by atoms with Crippen molar-refractivity contribution in [3.8, 4) is 0 Å². The predicted molar refractivity (Wildman–Crippen MR) is 102 cm³/mol. The lowest BCUT2D eigenvalue weighted by molar-refractivity contribution is -0.148. The highest BCUT2D eigenvalue weighted by molar-refractivity contribution is 6.02. The van der Waals surface area contributed by atoms with Crippen molar-refractivity contribution in [2.75, 3.05) is 6.54 Å². The number of hydrogen-bond donors (Lipinski definition) is 1. The van der Waals surface area contributed by atoms with Crippen LogP contribution in [-0.4, -0.2) is 58.0 Å². The van der Waals surface area contributed by atoms with Crippen LogP contribution >= 0.6 is 0 Å². The molecule has 0 radical (unpaired) electrons. The predicted octanol–water partition coefficient (Wildman–Crippen LogP) is 1.53. The fraction of sp³-hybridized carbons (Fsp3) is 0.500. The topological polar surface area (TPSA) is 82.1 Å². The van der Waals surface area contributed by atoms with Crippen molar-refractivity contribution in [2.45, 2.75) is 58.2 Å². The highest BCUT2D eigenvalue weighted by Gasteiger charge is 2.38. The molecule has 3 rings (SSSR count). The summed E-state index contributed by atoms with van der Waals surface area (Å²) in [5.74, 6) is -0.488. The van der Waals surface area contributed by atoms with E-state index >= 15 is 0 Å². The summed E-state index contributed by atoms with van der Waals surface area (Å²) < 4.78 is 0. The Morgan fingerprint density at radius 3 is 2.48 bits per heavy atom. The molecule has 27 heavy (non-hydrogen) atoms. The molecule has 1 N–H and O–H groups in total. The molecule has 2 aliphatic heterocycles. The van der Waals surface area contributed by atoms with Gasteiger partial charge in [0.05, 0.1) is 12.3 Å². The lowest BCUT2D eigenvalue weighted by Crippen LogP contribution is -2.64. The number of carbonyl (C=O) groups excluding carboxylic acids is 3. The van der Waals surface area contributed by atoms with Gasteiger partial charge >= 0.3 is 0 Å². The van der Waals surface area contributed by atoms with E-state index in [0.29, 0.717) is 13.0 Å². The third kappa shape index (κ3) is 4.02. The van der Waals surface area contributed by atoms with Gasteiger partial charge in [0.1, 0.15) is 6.04 Å². The summed E-state index contributed by atoms with van der Waals surface area (Å²) in [4.78, 5) is 38.7. The van der Waals surface area contributed by atoms with Gasteiger partial charge in [0, 0.05) is 31.3 Å². The van der Waals surface area contributed by atoms with E-state index in [-0.39, 0.29) is 42.6 Å². The van der Waals surface area contributed by atoms with Crippen LogP contribution in [0, 0.1) is 0 Å². The molecule has 0 aliphatic carbocycles. The zero-order chi connectivity index (χ0) is 19.6. The standard InChI is InChI=1S/C20H26N4O3/c1-13-14(2)24(15(3)20(27)21-13)19(26)10-9-18(25)23-12-11-17(22-23)16-7-5-4-6-8-16/h4-8,13-15H,9-12H2,1-3H3,(H,21,27). The first kappa shape index (κ1) is 19.1. The second kappa shape index (κ2) is 7.90. The minimum atomic E-state index is -0.520. The molecule has 0 spiro atoms. The first-order chi connectivity index (χ1) is 12.9. The Bertz CT molecular complexity index is 762. The van der Waals surface area contributed by atoms with Crippen LogP contribution in [0.25, 0.3) is 0 Å². The highest BCUT2D eigenvalue weighted by Crippen LogP contribution is 2.19. The largest absolute Gasteiger partial charge is 0.350 e. The van der Waals surface area contributed by atoms with E-state index in [0.717, 1.165) is 11.3 Å². The number of amides is 3. The summed E-state index contributed by atoms with van der Waals surface area (Å²) in [5.41, 5.74) is 1.90. The summed E-state index contributed by atoms with van der Waals surface area (Å²) in [7, 11) is 0. The number of hydrogen-bond acceptors (Lipinski definition) is 4. The van der Waals surface area contributed by atoms with Crippen molar-refractivity contribution in [2.24, 2.45) is 5.10 Å². The fourth-order valence-electron chi connectivity index (χ4n) is 3.57. The second-order valence-electron chi connectivity index (χ2n) is 7.19. The molecular formula is C20H26N4O3. The summed E-state index contributed by atoms with van der Waals surface area (Å²) in [6.45, 7) is 6.04. The third-order valence-corrected chi connectivity index (χ3v) is 5.37. The van der Waals surface area contributed by atoms with Gasteiger partial charge in [-0.2, -0.15) is 5.10 Å². The van der Waals surface area contributed by atoms with Gasteiger partial charge in [-0.3, -0.25) is 14.4 Å². The molecule has 3 unspecified atom stereocenters. The van der Waals surface area contributed by atoms with Crippen LogP contribution < -0.4 is 5.32 Å². The number of nitrogens with zero attached hydrogens (tertiary/aromatic N) is 3. The van der Waals surface area contributed by atoms with Crippen molar-refractivity contribution >= 4 is 23.4 Å². The van der Waals surface area contributed by atoms with E-state index in [1.807, 2.05) is 44.2 Å². The lowest BCUT2D eigenvalue weighted by Gasteiger charge is -2.42. The van der Waals surface area contributed by atoms with Crippen LogP contribution in [0.2, 0.25) is 0 Å². The maximum absolute atomic E-state index is 12.7. The van der Waals surface area contributed by atoms with E-state index in [4.69, 9.17) is 0 Å². The molecule has 3 atom stereocenters. The highest BCUT2D eigenvalue weighted by atomic mass is 16.2. The Labute approximate surface area is 159 Å². The molecule has 2 aliphatic rings. The molecule has 2 heterocycles. The molecule has 7 heteroatoms. The molecule has 144 valence electrons. The number of nitrogens with one attached hydrogen (secondary N) is 1. The Morgan fingerprint density at radius 2 is 1.78 bits per heavy atom. The molecule has 1 aromatic carbocycles. The Hall–Kier alpha value is -2.70. The van der Waals surface area contributed by atoms with Crippen LogP contribution in [-0.2, 0) is 14.4 Å². The van der Waals surface area contributed by atoms with Crippen LogP contribution in [0.5, 0.6) is 0 Å². The molecule has 1 aromatic rings. The minimum absolute atomic E-state index is 0.0835. The van der Waals surface area contributed by atoms with Gasteiger partial charge in [0.2, 0.25) is 17.7 Å². The lowest BCUT2D eigenvalue weighted by atomic mass is 10.0. The van der Waals surface area contributed by atoms with Gasteiger partial charge < -0.3 is 10.2 Å². The van der Waals surface area contributed by atoms with Gasteiger partial charge in [-0.05, 0) is 26.3 Å². The van der Waals surface area contributed by atoms with Crippen molar-refractivity contribution in [3.05, 3.63) is 35.9 Å². The molecule has 0 saturated carbocycles. The van der Waals surface area contributed by atoms with E-state index in [1.165, 1.54) is 5.01 Å². The van der Waals surface area contributed by atoms with E-state index in [1.54, 1.807) is 11.8 Å². The van der Waals surface area contributed by atoms with E-state index in [2.05, 4.69) is 10.4 Å². The first-order valence-electron chi connectivity index (χ1n) is 9.43. The maximum Gasteiger partial charge on any atom is 0.243 e. The Balaban J connectivity index is 1.58. The molecule has 3 amide bonds. The Morgan fingerprint density at radius 1 is 1.11 bits per heavy atom. The second-order valence-corrected chi connectivity index (χ2v) is 7.19. The average molecular weight is 370 g/mol. The normalized spacial score (nSPS) is 25.2. The average Bonchev–Trinajstić information content (AvgIpc) is 3.16. The zero-order valence-electron chi connectivity index (χ0n) is 16.0. The Kier molecular flexibility index (Phi) is 5.58. The molecule has 0 aromatic heterocycles. The van der Waals surface area contributed by atoms with Crippen molar-refractivity contribution < 1.29 is 14.4 Å². The summed E-state index contributed by atoms with van der Waals surface area (Å²) in [6, 6.07) is 9.05. The first-order valence-corrected chi connectivity index (χ1v) is 9.43. The maximum atomic E-state index is 12.7.